The predicted octanol–water partition coefficient (Wildman–Crippen LogP) is 1.73. The molecule has 1 saturated heterocycles. The van der Waals surface area contributed by atoms with E-state index in [1.165, 1.54) is 6.42 Å². The second kappa shape index (κ2) is 6.71. The molecule has 4 nitrogen and oxygen atoms in total. The summed E-state index contributed by atoms with van der Waals surface area (Å²) in [4.78, 5) is 16.7. The van der Waals surface area contributed by atoms with Crippen LogP contribution in [0.5, 0.6) is 0 Å². The van der Waals surface area contributed by atoms with Crippen LogP contribution in [0.25, 0.3) is 0 Å². The van der Waals surface area contributed by atoms with Crippen LogP contribution < -0.4 is 0 Å². The lowest BCUT2D eigenvalue weighted by Crippen LogP contribution is -2.49. The van der Waals surface area contributed by atoms with E-state index in [2.05, 4.69) is 18.7 Å². The third kappa shape index (κ3) is 4.46. The quantitative estimate of drug-likeness (QED) is 0.827. The number of carbonyl (C=O) groups excluding carboxylic acids is 1. The second-order valence-electron chi connectivity index (χ2n) is 6.85. The third-order valence-electron chi connectivity index (χ3n) is 3.82. The minimum atomic E-state index is -0.379. The van der Waals surface area contributed by atoms with Crippen LogP contribution in [0.15, 0.2) is 0 Å². The molecule has 0 aromatic carbocycles. The van der Waals surface area contributed by atoms with E-state index < -0.39 is 0 Å². The van der Waals surface area contributed by atoms with Gasteiger partial charge in [-0.1, -0.05) is 20.8 Å². The first-order valence-corrected chi connectivity index (χ1v) is 7.43. The highest BCUT2D eigenvalue weighted by Crippen LogP contribution is 2.23. The molecule has 0 spiro atoms. The summed E-state index contributed by atoms with van der Waals surface area (Å²) >= 11 is 0. The molecule has 0 aliphatic carbocycles. The first-order chi connectivity index (χ1) is 8.77. The number of nitrogens with zero attached hydrogens (tertiary/aromatic N) is 2. The largest absolute Gasteiger partial charge is 0.395 e. The van der Waals surface area contributed by atoms with Crippen molar-refractivity contribution in [3.05, 3.63) is 0 Å². The molecular formula is C15H30N2O2. The number of aliphatic hydroxyl groups is 1. The van der Waals surface area contributed by atoms with Gasteiger partial charge in [0.2, 0.25) is 5.91 Å². The Morgan fingerprint density at radius 3 is 2.53 bits per heavy atom. The Balaban J connectivity index is 2.70. The van der Waals surface area contributed by atoms with E-state index >= 15 is 0 Å². The molecule has 1 aliphatic rings. The second-order valence-corrected chi connectivity index (χ2v) is 6.85. The normalized spacial score (nSPS) is 21.1. The topological polar surface area (TPSA) is 43.8 Å². The van der Waals surface area contributed by atoms with Gasteiger partial charge in [0.25, 0.3) is 0 Å². The van der Waals surface area contributed by atoms with Gasteiger partial charge in [0, 0.05) is 30.6 Å². The summed E-state index contributed by atoms with van der Waals surface area (Å²) in [6, 6.07) is 0.964. The molecule has 0 radical (unpaired) electrons. The fourth-order valence-electron chi connectivity index (χ4n) is 2.86. The van der Waals surface area contributed by atoms with Crippen molar-refractivity contribution in [3.63, 3.8) is 0 Å². The minimum Gasteiger partial charge on any atom is -0.395 e. The van der Waals surface area contributed by atoms with Gasteiger partial charge in [0.15, 0.2) is 0 Å². The number of rotatable bonds is 5. The van der Waals surface area contributed by atoms with Crippen molar-refractivity contribution in [2.75, 3.05) is 26.2 Å². The summed E-state index contributed by atoms with van der Waals surface area (Å²) in [5.41, 5.74) is -0.379. The summed E-state index contributed by atoms with van der Waals surface area (Å²) in [6.07, 6.45) is 2.36. The molecule has 19 heavy (non-hydrogen) atoms. The average Bonchev–Trinajstić information content (AvgIpc) is 2.74. The molecule has 0 aromatic rings. The molecule has 0 saturated carbocycles. The van der Waals surface area contributed by atoms with Gasteiger partial charge in [-0.15, -0.1) is 0 Å². The summed E-state index contributed by atoms with van der Waals surface area (Å²) in [5.74, 6) is 0.136. The molecule has 1 rings (SSSR count). The Morgan fingerprint density at radius 2 is 2.05 bits per heavy atom. The van der Waals surface area contributed by atoms with E-state index in [-0.39, 0.29) is 17.9 Å². The lowest BCUT2D eigenvalue weighted by Gasteiger charge is -2.35. The molecule has 1 atom stereocenters. The van der Waals surface area contributed by atoms with Gasteiger partial charge in [0.1, 0.15) is 0 Å². The van der Waals surface area contributed by atoms with Gasteiger partial charge in [0.05, 0.1) is 6.61 Å². The van der Waals surface area contributed by atoms with Crippen LogP contribution >= 0.6 is 0 Å². The molecule has 1 fully saturated rings. The van der Waals surface area contributed by atoms with Crippen LogP contribution in [-0.4, -0.2) is 59.1 Å². The van der Waals surface area contributed by atoms with E-state index in [0.717, 1.165) is 19.5 Å². The molecule has 1 heterocycles. The van der Waals surface area contributed by atoms with E-state index in [0.29, 0.717) is 18.6 Å². The fourth-order valence-corrected chi connectivity index (χ4v) is 2.86. The highest BCUT2D eigenvalue weighted by molar-refractivity contribution is 5.81. The molecule has 0 aromatic heterocycles. The molecule has 1 amide bonds. The lowest BCUT2D eigenvalue weighted by atomic mass is 9.94. The van der Waals surface area contributed by atoms with Crippen LogP contribution in [0.4, 0.5) is 0 Å². The first kappa shape index (κ1) is 16.4. The van der Waals surface area contributed by atoms with Crippen molar-refractivity contribution < 1.29 is 9.90 Å². The highest BCUT2D eigenvalue weighted by Gasteiger charge is 2.32. The number of aliphatic hydroxyl groups excluding tert-OH is 1. The zero-order chi connectivity index (χ0) is 14.6. The fraction of sp³-hybridized carbons (Fsp3) is 0.933. The first-order valence-electron chi connectivity index (χ1n) is 7.43. The molecule has 1 N–H and O–H groups in total. The lowest BCUT2D eigenvalue weighted by molar-refractivity contribution is -0.140. The van der Waals surface area contributed by atoms with Gasteiger partial charge in [-0.2, -0.15) is 0 Å². The maximum atomic E-state index is 12.4. The summed E-state index contributed by atoms with van der Waals surface area (Å²) in [5, 5.41) is 9.19. The maximum absolute atomic E-state index is 12.4. The standard InChI is InChI=1S/C15H30N2O2/c1-12(2)17-8-6-7-13(17)11-16(9-10-18)14(19)15(3,4)5/h12-13,18H,6-11H2,1-5H3. The molecule has 4 heteroatoms. The Morgan fingerprint density at radius 1 is 1.42 bits per heavy atom. The van der Waals surface area contributed by atoms with Crippen LogP contribution in [-0.2, 0) is 4.79 Å². The minimum absolute atomic E-state index is 0.0379. The van der Waals surface area contributed by atoms with Crippen molar-refractivity contribution in [1.29, 1.82) is 0 Å². The van der Waals surface area contributed by atoms with E-state index in [9.17, 15) is 9.90 Å². The van der Waals surface area contributed by atoms with Crippen LogP contribution in [0.3, 0.4) is 0 Å². The number of carbonyl (C=O) groups is 1. The third-order valence-corrected chi connectivity index (χ3v) is 3.82. The number of amides is 1. The van der Waals surface area contributed by atoms with Crippen molar-refractivity contribution in [3.8, 4) is 0 Å². The monoisotopic (exact) mass is 270 g/mol. The van der Waals surface area contributed by atoms with Gasteiger partial charge in [-0.05, 0) is 33.2 Å². The Labute approximate surface area is 117 Å². The smallest absolute Gasteiger partial charge is 0.228 e. The van der Waals surface area contributed by atoms with Crippen molar-refractivity contribution in [2.45, 2.75) is 59.5 Å². The molecule has 112 valence electrons. The SMILES string of the molecule is CC(C)N1CCCC1CN(CCO)C(=O)C(C)(C)C. The van der Waals surface area contributed by atoms with Gasteiger partial charge in [-0.3, -0.25) is 9.69 Å². The Kier molecular flexibility index (Phi) is 5.81. The molecule has 0 bridgehead atoms. The molecule has 1 unspecified atom stereocenters. The van der Waals surface area contributed by atoms with Crippen molar-refractivity contribution in [2.24, 2.45) is 5.41 Å². The van der Waals surface area contributed by atoms with Gasteiger partial charge < -0.3 is 10.0 Å². The number of hydrogen-bond acceptors (Lipinski definition) is 3. The van der Waals surface area contributed by atoms with E-state index in [1.54, 1.807) is 0 Å². The Bertz CT molecular complexity index is 297. The summed E-state index contributed by atoms with van der Waals surface area (Å²) < 4.78 is 0. The zero-order valence-electron chi connectivity index (χ0n) is 13.1. The van der Waals surface area contributed by atoms with E-state index in [1.807, 2.05) is 25.7 Å². The zero-order valence-corrected chi connectivity index (χ0v) is 13.1. The number of likely N-dealkylation sites (tertiary alicyclic amines) is 1. The number of hydrogen-bond donors (Lipinski definition) is 1. The van der Waals surface area contributed by atoms with Crippen molar-refractivity contribution in [1.82, 2.24) is 9.80 Å². The summed E-state index contributed by atoms with van der Waals surface area (Å²) in [7, 11) is 0. The average molecular weight is 270 g/mol. The van der Waals surface area contributed by atoms with Crippen LogP contribution in [0.2, 0.25) is 0 Å². The van der Waals surface area contributed by atoms with E-state index in [4.69, 9.17) is 0 Å². The van der Waals surface area contributed by atoms with Gasteiger partial charge in [-0.25, -0.2) is 0 Å². The Hall–Kier alpha value is -0.610. The van der Waals surface area contributed by atoms with Gasteiger partial charge >= 0.3 is 0 Å². The molecule has 1 aliphatic heterocycles. The van der Waals surface area contributed by atoms with Crippen molar-refractivity contribution >= 4 is 5.91 Å². The predicted molar refractivity (Wildman–Crippen MR) is 78.0 cm³/mol. The van der Waals surface area contributed by atoms with Crippen LogP contribution in [0, 0.1) is 5.41 Å². The molecular weight excluding hydrogens is 240 g/mol. The summed E-state index contributed by atoms with van der Waals surface area (Å²) in [6.45, 7) is 12.6. The van der Waals surface area contributed by atoms with Crippen LogP contribution in [0.1, 0.15) is 47.5 Å². The highest BCUT2D eigenvalue weighted by atomic mass is 16.3. The maximum Gasteiger partial charge on any atom is 0.228 e.